The van der Waals surface area contributed by atoms with E-state index in [1.807, 2.05) is 25.1 Å². The fraction of sp³-hybridized carbons (Fsp3) is 0.357. The van der Waals surface area contributed by atoms with Crippen molar-refractivity contribution in [1.29, 1.82) is 0 Å². The summed E-state index contributed by atoms with van der Waals surface area (Å²) in [5.41, 5.74) is 0.773. The molecule has 0 unspecified atom stereocenters. The summed E-state index contributed by atoms with van der Waals surface area (Å²) in [4.78, 5) is 27.2. The van der Waals surface area contributed by atoms with Crippen LogP contribution in [-0.4, -0.2) is 30.1 Å². The van der Waals surface area contributed by atoms with Crippen molar-refractivity contribution in [3.8, 4) is 5.75 Å². The number of nitrogens with zero attached hydrogens (tertiary/aromatic N) is 1. The predicted octanol–water partition coefficient (Wildman–Crippen LogP) is 2.59. The van der Waals surface area contributed by atoms with E-state index < -0.39 is 11.9 Å². The molecule has 112 valence electrons. The molecule has 0 aliphatic rings. The highest BCUT2D eigenvalue weighted by Gasteiger charge is 2.13. The van der Waals surface area contributed by atoms with Crippen molar-refractivity contribution in [2.24, 2.45) is 0 Å². The second-order valence-electron chi connectivity index (χ2n) is 4.11. The maximum absolute atomic E-state index is 11.7. The lowest BCUT2D eigenvalue weighted by molar-refractivity contribution is -0.145. The molecule has 6 nitrogen and oxygen atoms in total. The number of anilines is 1. The summed E-state index contributed by atoms with van der Waals surface area (Å²) in [5, 5.41) is 3.05. The smallest absolute Gasteiger partial charge is 0.315 e. The normalized spacial score (nSPS) is 10.4. The lowest BCUT2D eigenvalue weighted by Crippen LogP contribution is -2.17. The average Bonchev–Trinajstić information content (AvgIpc) is 2.80. The Labute approximate surface area is 126 Å². The number of hydrogen-bond donors (Lipinski definition) is 1. The van der Waals surface area contributed by atoms with Gasteiger partial charge in [-0.1, -0.05) is 11.3 Å². The van der Waals surface area contributed by atoms with Crippen LogP contribution in [0.5, 0.6) is 5.75 Å². The topological polar surface area (TPSA) is 77.5 Å². The Morgan fingerprint density at radius 2 is 2.10 bits per heavy atom. The minimum Gasteiger partial charge on any atom is -0.494 e. The van der Waals surface area contributed by atoms with E-state index in [9.17, 15) is 9.59 Å². The quantitative estimate of drug-likeness (QED) is 0.655. The van der Waals surface area contributed by atoms with Crippen molar-refractivity contribution in [3.63, 3.8) is 0 Å². The second-order valence-corrected chi connectivity index (χ2v) is 5.14. The SMILES string of the molecule is CCOC(=O)CC(=O)Nc1nc2ccc(OCC)cc2s1. The van der Waals surface area contributed by atoms with Gasteiger partial charge in [0.2, 0.25) is 5.91 Å². The number of aromatic nitrogens is 1. The first-order chi connectivity index (χ1) is 10.1. The molecule has 1 N–H and O–H groups in total. The molecule has 0 aliphatic heterocycles. The van der Waals surface area contributed by atoms with Crippen molar-refractivity contribution in [2.45, 2.75) is 20.3 Å². The molecular weight excluding hydrogens is 292 g/mol. The van der Waals surface area contributed by atoms with Crippen molar-refractivity contribution in [2.75, 3.05) is 18.5 Å². The Morgan fingerprint density at radius 1 is 1.29 bits per heavy atom. The van der Waals surface area contributed by atoms with Crippen LogP contribution in [0.4, 0.5) is 5.13 Å². The van der Waals surface area contributed by atoms with Gasteiger partial charge in [-0.15, -0.1) is 0 Å². The summed E-state index contributed by atoms with van der Waals surface area (Å²) in [6.07, 6.45) is -0.312. The molecule has 0 atom stereocenters. The zero-order chi connectivity index (χ0) is 15.2. The minimum atomic E-state index is -0.547. The lowest BCUT2D eigenvalue weighted by atomic mass is 10.3. The molecule has 0 bridgehead atoms. The number of benzene rings is 1. The van der Waals surface area contributed by atoms with Crippen LogP contribution in [0.15, 0.2) is 18.2 Å². The molecular formula is C14H16N2O4S. The highest BCUT2D eigenvalue weighted by atomic mass is 32.1. The largest absolute Gasteiger partial charge is 0.494 e. The molecule has 1 aromatic heterocycles. The van der Waals surface area contributed by atoms with E-state index >= 15 is 0 Å². The fourth-order valence-corrected chi connectivity index (χ4v) is 2.63. The van der Waals surface area contributed by atoms with Gasteiger partial charge in [-0.05, 0) is 32.0 Å². The number of ether oxygens (including phenoxy) is 2. The molecule has 0 fully saturated rings. The van der Waals surface area contributed by atoms with Gasteiger partial charge in [-0.3, -0.25) is 9.59 Å². The molecule has 0 aliphatic carbocycles. The summed E-state index contributed by atoms with van der Waals surface area (Å²) < 4.78 is 11.0. The van der Waals surface area contributed by atoms with Crippen LogP contribution in [0, 0.1) is 0 Å². The number of rotatable bonds is 6. The summed E-state index contributed by atoms with van der Waals surface area (Å²) in [6, 6.07) is 5.53. The molecule has 0 saturated carbocycles. The van der Waals surface area contributed by atoms with Crippen molar-refractivity contribution in [1.82, 2.24) is 4.98 Å². The third kappa shape index (κ3) is 4.16. The maximum atomic E-state index is 11.7. The van der Waals surface area contributed by atoms with Gasteiger partial charge in [0.25, 0.3) is 0 Å². The standard InChI is InChI=1S/C14H16N2O4S/c1-3-19-9-5-6-10-11(7-9)21-14(15-10)16-12(17)8-13(18)20-4-2/h5-7H,3-4,8H2,1-2H3,(H,15,16,17). The first-order valence-corrected chi connectivity index (χ1v) is 7.43. The van der Waals surface area contributed by atoms with Crippen LogP contribution in [0.3, 0.4) is 0 Å². The lowest BCUT2D eigenvalue weighted by Gasteiger charge is -2.01. The predicted molar refractivity (Wildman–Crippen MR) is 80.7 cm³/mol. The summed E-state index contributed by atoms with van der Waals surface area (Å²) in [6.45, 7) is 4.46. The van der Waals surface area contributed by atoms with Gasteiger partial charge >= 0.3 is 5.97 Å². The van der Waals surface area contributed by atoms with Crippen molar-refractivity contribution >= 4 is 38.6 Å². The van der Waals surface area contributed by atoms with E-state index in [-0.39, 0.29) is 13.0 Å². The Morgan fingerprint density at radius 3 is 2.81 bits per heavy atom. The highest BCUT2D eigenvalue weighted by Crippen LogP contribution is 2.29. The van der Waals surface area contributed by atoms with Gasteiger partial charge in [-0.25, -0.2) is 4.98 Å². The van der Waals surface area contributed by atoms with Crippen molar-refractivity contribution in [3.05, 3.63) is 18.2 Å². The summed E-state index contributed by atoms with van der Waals surface area (Å²) in [7, 11) is 0. The van der Waals surface area contributed by atoms with Crippen LogP contribution >= 0.6 is 11.3 Å². The first-order valence-electron chi connectivity index (χ1n) is 6.61. The first kappa shape index (κ1) is 15.2. The number of fused-ring (bicyclic) bond motifs is 1. The Balaban J connectivity index is 2.05. The van der Waals surface area contributed by atoms with Crippen LogP contribution < -0.4 is 10.1 Å². The number of amides is 1. The Hall–Kier alpha value is -2.15. The van der Waals surface area contributed by atoms with Crippen molar-refractivity contribution < 1.29 is 19.1 Å². The van der Waals surface area contributed by atoms with Gasteiger partial charge < -0.3 is 14.8 Å². The number of thiazole rings is 1. The Kier molecular flexibility index (Phi) is 5.10. The fourth-order valence-electron chi connectivity index (χ4n) is 1.72. The second kappa shape index (κ2) is 7.03. The zero-order valence-corrected chi connectivity index (χ0v) is 12.7. The molecule has 1 heterocycles. The monoisotopic (exact) mass is 308 g/mol. The van der Waals surface area contributed by atoms with Crippen LogP contribution in [0.25, 0.3) is 10.2 Å². The maximum Gasteiger partial charge on any atom is 0.315 e. The zero-order valence-electron chi connectivity index (χ0n) is 11.8. The van der Waals surface area contributed by atoms with E-state index in [1.54, 1.807) is 6.92 Å². The molecule has 2 aromatic rings. The molecule has 1 aromatic carbocycles. The molecule has 0 radical (unpaired) electrons. The third-order valence-electron chi connectivity index (χ3n) is 2.53. The average molecular weight is 308 g/mol. The summed E-state index contributed by atoms with van der Waals surface area (Å²) in [5.74, 6) is -0.217. The number of esters is 1. The molecule has 0 spiro atoms. The minimum absolute atomic E-state index is 0.257. The number of carbonyl (C=O) groups excluding carboxylic acids is 2. The Bertz CT molecular complexity index is 653. The van der Waals surface area contributed by atoms with Gasteiger partial charge in [0.1, 0.15) is 12.2 Å². The number of carbonyl (C=O) groups is 2. The van der Waals surface area contributed by atoms with E-state index in [0.29, 0.717) is 11.7 Å². The van der Waals surface area contributed by atoms with E-state index in [0.717, 1.165) is 16.0 Å². The highest BCUT2D eigenvalue weighted by molar-refractivity contribution is 7.22. The molecule has 0 saturated heterocycles. The van der Waals surface area contributed by atoms with Gasteiger partial charge in [-0.2, -0.15) is 0 Å². The van der Waals surface area contributed by atoms with E-state index in [1.165, 1.54) is 11.3 Å². The molecule has 21 heavy (non-hydrogen) atoms. The summed E-state index contributed by atoms with van der Waals surface area (Å²) >= 11 is 1.33. The van der Waals surface area contributed by atoms with Crippen LogP contribution in [0.2, 0.25) is 0 Å². The number of nitrogens with one attached hydrogen (secondary N) is 1. The molecule has 1 amide bonds. The number of hydrogen-bond acceptors (Lipinski definition) is 6. The molecule has 7 heteroatoms. The van der Waals surface area contributed by atoms with Crippen LogP contribution in [-0.2, 0) is 14.3 Å². The van der Waals surface area contributed by atoms with E-state index in [4.69, 9.17) is 9.47 Å². The van der Waals surface area contributed by atoms with Gasteiger partial charge in [0.15, 0.2) is 5.13 Å². The van der Waals surface area contributed by atoms with Gasteiger partial charge in [0, 0.05) is 0 Å². The third-order valence-corrected chi connectivity index (χ3v) is 3.46. The van der Waals surface area contributed by atoms with E-state index in [2.05, 4.69) is 10.3 Å². The molecule has 2 rings (SSSR count). The van der Waals surface area contributed by atoms with Gasteiger partial charge in [0.05, 0.1) is 23.4 Å². The van der Waals surface area contributed by atoms with Crippen LogP contribution in [0.1, 0.15) is 20.3 Å².